The summed E-state index contributed by atoms with van der Waals surface area (Å²) in [5.74, 6) is -0.270. The van der Waals surface area contributed by atoms with Gasteiger partial charge in [-0.05, 0) is 59.7 Å². The SMILES string of the molecule is CCOC(=O)/C=C1\CCCc2cnn(Cc3ccc4ccccc4c3)c21. The van der Waals surface area contributed by atoms with E-state index in [0.29, 0.717) is 13.2 Å². The maximum Gasteiger partial charge on any atom is 0.331 e. The first-order valence-electron chi connectivity index (χ1n) is 9.14. The number of carbonyl (C=O) groups excluding carboxylic acids is 1. The van der Waals surface area contributed by atoms with E-state index in [1.807, 2.05) is 17.8 Å². The number of aryl methyl sites for hydroxylation is 1. The number of hydrogen-bond donors (Lipinski definition) is 0. The van der Waals surface area contributed by atoms with Crippen LogP contribution >= 0.6 is 0 Å². The smallest absolute Gasteiger partial charge is 0.331 e. The number of hydrogen-bond acceptors (Lipinski definition) is 3. The van der Waals surface area contributed by atoms with Gasteiger partial charge in [0.05, 0.1) is 25.0 Å². The molecule has 4 heteroatoms. The number of nitrogens with zero attached hydrogens (tertiary/aromatic N) is 2. The molecule has 0 amide bonds. The van der Waals surface area contributed by atoms with Crippen LogP contribution in [0.15, 0.2) is 54.7 Å². The van der Waals surface area contributed by atoms with Crippen LogP contribution in [0.25, 0.3) is 16.3 Å². The molecule has 4 rings (SSSR count). The molecule has 1 aliphatic carbocycles. The molecule has 0 spiro atoms. The molecule has 0 saturated heterocycles. The van der Waals surface area contributed by atoms with E-state index in [2.05, 4.69) is 47.6 Å². The molecule has 132 valence electrons. The van der Waals surface area contributed by atoms with Crippen molar-refractivity contribution in [3.8, 4) is 0 Å². The molecule has 26 heavy (non-hydrogen) atoms. The Kier molecular flexibility index (Phi) is 4.57. The predicted molar refractivity (Wildman–Crippen MR) is 103 cm³/mol. The van der Waals surface area contributed by atoms with Crippen LogP contribution in [-0.4, -0.2) is 22.4 Å². The number of allylic oxidation sites excluding steroid dienone is 1. The lowest BCUT2D eigenvalue weighted by atomic mass is 9.92. The van der Waals surface area contributed by atoms with Gasteiger partial charge in [-0.2, -0.15) is 5.10 Å². The van der Waals surface area contributed by atoms with Crippen LogP contribution in [0.3, 0.4) is 0 Å². The van der Waals surface area contributed by atoms with Crippen LogP contribution in [0.2, 0.25) is 0 Å². The highest BCUT2D eigenvalue weighted by atomic mass is 16.5. The Morgan fingerprint density at radius 2 is 2.04 bits per heavy atom. The molecule has 0 saturated carbocycles. The largest absolute Gasteiger partial charge is 0.463 e. The number of fused-ring (bicyclic) bond motifs is 2. The maximum absolute atomic E-state index is 11.9. The lowest BCUT2D eigenvalue weighted by molar-refractivity contribution is -0.137. The minimum Gasteiger partial charge on any atom is -0.463 e. The topological polar surface area (TPSA) is 44.1 Å². The molecular weight excluding hydrogens is 324 g/mol. The van der Waals surface area contributed by atoms with Crippen molar-refractivity contribution in [2.24, 2.45) is 0 Å². The monoisotopic (exact) mass is 346 g/mol. The lowest BCUT2D eigenvalue weighted by Gasteiger charge is -2.18. The average Bonchev–Trinajstić information content (AvgIpc) is 3.06. The van der Waals surface area contributed by atoms with Gasteiger partial charge in [0.2, 0.25) is 0 Å². The van der Waals surface area contributed by atoms with Crippen molar-refractivity contribution >= 4 is 22.3 Å². The van der Waals surface area contributed by atoms with E-state index >= 15 is 0 Å². The number of carbonyl (C=O) groups is 1. The highest BCUT2D eigenvalue weighted by molar-refractivity contribution is 5.91. The Bertz CT molecular complexity index is 985. The zero-order valence-corrected chi connectivity index (χ0v) is 14.9. The molecule has 4 nitrogen and oxygen atoms in total. The zero-order valence-electron chi connectivity index (χ0n) is 14.9. The molecule has 1 aromatic heterocycles. The lowest BCUT2D eigenvalue weighted by Crippen LogP contribution is -2.11. The average molecular weight is 346 g/mol. The van der Waals surface area contributed by atoms with Crippen LogP contribution in [0.5, 0.6) is 0 Å². The normalized spacial score (nSPS) is 15.2. The Morgan fingerprint density at radius 1 is 1.19 bits per heavy atom. The Balaban J connectivity index is 1.67. The highest BCUT2D eigenvalue weighted by Gasteiger charge is 2.21. The van der Waals surface area contributed by atoms with E-state index in [1.54, 1.807) is 6.08 Å². The first-order chi connectivity index (χ1) is 12.7. The van der Waals surface area contributed by atoms with Gasteiger partial charge in [-0.1, -0.05) is 36.4 Å². The summed E-state index contributed by atoms with van der Waals surface area (Å²) in [6.07, 6.45) is 6.51. The van der Waals surface area contributed by atoms with Gasteiger partial charge < -0.3 is 4.74 Å². The van der Waals surface area contributed by atoms with Crippen molar-refractivity contribution in [1.29, 1.82) is 0 Å². The fourth-order valence-corrected chi connectivity index (χ4v) is 3.66. The maximum atomic E-state index is 11.9. The molecule has 0 fully saturated rings. The van der Waals surface area contributed by atoms with Gasteiger partial charge in [0.1, 0.15) is 0 Å². The molecule has 0 N–H and O–H groups in total. The number of rotatable bonds is 4. The number of ether oxygens (including phenoxy) is 1. The first-order valence-corrected chi connectivity index (χ1v) is 9.14. The fraction of sp³-hybridized carbons (Fsp3) is 0.273. The van der Waals surface area contributed by atoms with Gasteiger partial charge in [0.15, 0.2) is 0 Å². The van der Waals surface area contributed by atoms with Crippen molar-refractivity contribution in [2.45, 2.75) is 32.7 Å². The summed E-state index contributed by atoms with van der Waals surface area (Å²) in [5, 5.41) is 7.07. The molecular formula is C22H22N2O2. The van der Waals surface area contributed by atoms with E-state index in [-0.39, 0.29) is 5.97 Å². The van der Waals surface area contributed by atoms with Gasteiger partial charge in [-0.25, -0.2) is 4.79 Å². The van der Waals surface area contributed by atoms with E-state index in [4.69, 9.17) is 4.74 Å². The van der Waals surface area contributed by atoms with E-state index in [0.717, 1.165) is 30.5 Å². The molecule has 0 atom stereocenters. The molecule has 2 aromatic carbocycles. The van der Waals surface area contributed by atoms with E-state index in [9.17, 15) is 4.79 Å². The summed E-state index contributed by atoms with van der Waals surface area (Å²) in [4.78, 5) is 11.9. The van der Waals surface area contributed by atoms with Crippen LogP contribution in [-0.2, 0) is 22.5 Å². The minimum absolute atomic E-state index is 0.270. The van der Waals surface area contributed by atoms with Gasteiger partial charge in [-0.3, -0.25) is 4.68 Å². The third-order valence-electron chi connectivity index (χ3n) is 4.84. The first kappa shape index (κ1) is 16.6. The van der Waals surface area contributed by atoms with Crippen molar-refractivity contribution in [3.63, 3.8) is 0 Å². The van der Waals surface area contributed by atoms with Gasteiger partial charge in [0, 0.05) is 6.08 Å². The highest BCUT2D eigenvalue weighted by Crippen LogP contribution is 2.31. The summed E-state index contributed by atoms with van der Waals surface area (Å²) in [5.41, 5.74) is 4.53. The molecule has 0 aliphatic heterocycles. The van der Waals surface area contributed by atoms with Crippen molar-refractivity contribution in [2.75, 3.05) is 6.61 Å². The van der Waals surface area contributed by atoms with Crippen LogP contribution in [0, 0.1) is 0 Å². The van der Waals surface area contributed by atoms with Crippen LogP contribution in [0.1, 0.15) is 36.6 Å². The second-order valence-corrected chi connectivity index (χ2v) is 6.63. The van der Waals surface area contributed by atoms with E-state index < -0.39 is 0 Å². The molecule has 0 bridgehead atoms. The summed E-state index contributed by atoms with van der Waals surface area (Å²) < 4.78 is 7.12. The minimum atomic E-state index is -0.270. The number of aromatic nitrogens is 2. The summed E-state index contributed by atoms with van der Waals surface area (Å²) in [6, 6.07) is 14.9. The second-order valence-electron chi connectivity index (χ2n) is 6.63. The molecule has 1 heterocycles. The van der Waals surface area contributed by atoms with Crippen LogP contribution < -0.4 is 0 Å². The number of benzene rings is 2. The van der Waals surface area contributed by atoms with E-state index in [1.165, 1.54) is 21.9 Å². The Morgan fingerprint density at radius 3 is 2.88 bits per heavy atom. The summed E-state index contributed by atoms with van der Waals surface area (Å²) in [6.45, 7) is 2.92. The van der Waals surface area contributed by atoms with Gasteiger partial charge in [-0.15, -0.1) is 0 Å². The van der Waals surface area contributed by atoms with Gasteiger partial charge >= 0.3 is 5.97 Å². The van der Waals surface area contributed by atoms with Crippen molar-refractivity contribution in [1.82, 2.24) is 9.78 Å². The van der Waals surface area contributed by atoms with Crippen LogP contribution in [0.4, 0.5) is 0 Å². The Hall–Kier alpha value is -2.88. The van der Waals surface area contributed by atoms with Gasteiger partial charge in [0.25, 0.3) is 0 Å². The quantitative estimate of drug-likeness (QED) is 0.520. The fourth-order valence-electron chi connectivity index (χ4n) is 3.66. The second kappa shape index (κ2) is 7.16. The predicted octanol–water partition coefficient (Wildman–Crippen LogP) is 4.37. The molecule has 0 radical (unpaired) electrons. The Labute approximate surface area is 153 Å². The molecule has 3 aromatic rings. The van der Waals surface area contributed by atoms with Crippen molar-refractivity contribution in [3.05, 3.63) is 71.6 Å². The zero-order chi connectivity index (χ0) is 17.9. The summed E-state index contributed by atoms with van der Waals surface area (Å²) in [7, 11) is 0. The summed E-state index contributed by atoms with van der Waals surface area (Å²) >= 11 is 0. The standard InChI is InChI=1S/C22H22N2O2/c1-2-26-21(25)13-19-8-5-9-20-14-23-24(22(19)20)15-16-10-11-17-6-3-4-7-18(17)12-16/h3-4,6-7,10-14H,2,5,8-9,15H2,1H3/b19-13+. The molecule has 1 aliphatic rings. The molecule has 0 unspecified atom stereocenters. The van der Waals surface area contributed by atoms with Crippen molar-refractivity contribution < 1.29 is 9.53 Å². The third kappa shape index (κ3) is 3.27. The third-order valence-corrected chi connectivity index (χ3v) is 4.84. The number of esters is 1.